The first-order valence-electron chi connectivity index (χ1n) is 5.84. The van der Waals surface area contributed by atoms with Crippen LogP contribution in [0.4, 0.5) is 5.69 Å². The van der Waals surface area contributed by atoms with Crippen molar-refractivity contribution in [3.63, 3.8) is 0 Å². The van der Waals surface area contributed by atoms with Crippen LogP contribution in [0.15, 0.2) is 45.3 Å². The minimum absolute atomic E-state index is 0.0530. The zero-order valence-electron chi connectivity index (χ0n) is 10.7. The van der Waals surface area contributed by atoms with Gasteiger partial charge in [-0.25, -0.2) is 4.98 Å². The summed E-state index contributed by atoms with van der Waals surface area (Å²) in [6.45, 7) is 3.88. The molecule has 5 nitrogen and oxygen atoms in total. The van der Waals surface area contributed by atoms with Crippen molar-refractivity contribution < 1.29 is 4.74 Å². The Morgan fingerprint density at radius 3 is 2.84 bits per heavy atom. The maximum Gasteiger partial charge on any atom is 0.251 e. The van der Waals surface area contributed by atoms with Crippen molar-refractivity contribution >= 4 is 17.4 Å². The summed E-state index contributed by atoms with van der Waals surface area (Å²) in [6, 6.07) is 6.86. The summed E-state index contributed by atoms with van der Waals surface area (Å²) >= 11 is 1.35. The molecule has 1 aromatic carbocycles. The molecule has 2 rings (SSSR count). The quantitative estimate of drug-likeness (QED) is 0.662. The van der Waals surface area contributed by atoms with Crippen LogP contribution < -0.4 is 16.0 Å². The Hall–Kier alpha value is -1.95. The summed E-state index contributed by atoms with van der Waals surface area (Å²) < 4.78 is 5.62. The van der Waals surface area contributed by atoms with Gasteiger partial charge in [0.15, 0.2) is 5.16 Å². The molecule has 0 saturated carbocycles. The van der Waals surface area contributed by atoms with Gasteiger partial charge in [0.1, 0.15) is 5.75 Å². The number of nitrogens with zero attached hydrogens (tertiary/aromatic N) is 1. The average molecular weight is 277 g/mol. The van der Waals surface area contributed by atoms with Gasteiger partial charge in [0.2, 0.25) is 0 Å². The highest BCUT2D eigenvalue weighted by Crippen LogP contribution is 2.31. The Bertz CT molecular complexity index is 625. The van der Waals surface area contributed by atoms with E-state index in [0.29, 0.717) is 16.6 Å². The molecule has 0 bridgehead atoms. The van der Waals surface area contributed by atoms with Crippen LogP contribution in [0.5, 0.6) is 5.75 Å². The fourth-order valence-corrected chi connectivity index (χ4v) is 2.24. The van der Waals surface area contributed by atoms with Crippen LogP contribution in [0.3, 0.4) is 0 Å². The van der Waals surface area contributed by atoms with Crippen molar-refractivity contribution in [2.75, 3.05) is 5.73 Å². The normalized spacial score (nSPS) is 10.7. The monoisotopic (exact) mass is 277 g/mol. The molecule has 0 saturated heterocycles. The summed E-state index contributed by atoms with van der Waals surface area (Å²) in [5.74, 6) is 0.637. The van der Waals surface area contributed by atoms with E-state index in [-0.39, 0.29) is 11.7 Å². The number of anilines is 1. The lowest BCUT2D eigenvalue weighted by Gasteiger charge is -2.13. The second kappa shape index (κ2) is 5.79. The smallest absolute Gasteiger partial charge is 0.251 e. The molecule has 0 aliphatic rings. The molecule has 19 heavy (non-hydrogen) atoms. The number of rotatable bonds is 4. The number of nitrogen functional groups attached to an aromatic ring is 1. The summed E-state index contributed by atoms with van der Waals surface area (Å²) in [5, 5.41) is 0.535. The van der Waals surface area contributed by atoms with Gasteiger partial charge in [-0.15, -0.1) is 0 Å². The second-order valence-electron chi connectivity index (χ2n) is 4.21. The summed E-state index contributed by atoms with van der Waals surface area (Å²) in [5.41, 5.74) is 6.26. The minimum atomic E-state index is -0.174. The Morgan fingerprint density at radius 1 is 1.37 bits per heavy atom. The van der Waals surface area contributed by atoms with Crippen molar-refractivity contribution in [2.24, 2.45) is 0 Å². The highest BCUT2D eigenvalue weighted by Gasteiger charge is 2.06. The maximum atomic E-state index is 11.2. The van der Waals surface area contributed by atoms with Gasteiger partial charge in [0, 0.05) is 17.2 Å². The van der Waals surface area contributed by atoms with E-state index in [4.69, 9.17) is 10.5 Å². The second-order valence-corrected chi connectivity index (χ2v) is 5.27. The Morgan fingerprint density at radius 2 is 2.16 bits per heavy atom. The molecule has 0 aliphatic carbocycles. The lowest BCUT2D eigenvalue weighted by Crippen LogP contribution is -2.07. The first-order valence-corrected chi connectivity index (χ1v) is 6.65. The van der Waals surface area contributed by atoms with Gasteiger partial charge in [-0.1, -0.05) is 11.8 Å². The van der Waals surface area contributed by atoms with E-state index in [1.165, 1.54) is 24.0 Å². The standard InChI is InChI=1S/C13H15N3O2S/c1-8(2)18-11-7-9(3-4-10(11)14)19-13-15-6-5-12(17)16-13/h3-8H,14H2,1-2H3,(H,15,16,17). The fraction of sp³-hybridized carbons (Fsp3) is 0.231. The molecule has 0 spiro atoms. The number of nitrogens with two attached hydrogens (primary N) is 1. The van der Waals surface area contributed by atoms with Crippen molar-refractivity contribution in [3.05, 3.63) is 40.8 Å². The zero-order valence-corrected chi connectivity index (χ0v) is 11.5. The van der Waals surface area contributed by atoms with Crippen LogP contribution in [-0.4, -0.2) is 16.1 Å². The first kappa shape index (κ1) is 13.5. The van der Waals surface area contributed by atoms with Gasteiger partial charge in [0.05, 0.1) is 11.8 Å². The topological polar surface area (TPSA) is 81.0 Å². The van der Waals surface area contributed by atoms with Crippen LogP contribution in [0.2, 0.25) is 0 Å². The highest BCUT2D eigenvalue weighted by molar-refractivity contribution is 7.99. The van der Waals surface area contributed by atoms with Gasteiger partial charge < -0.3 is 15.5 Å². The van der Waals surface area contributed by atoms with Crippen LogP contribution in [0, 0.1) is 0 Å². The van der Waals surface area contributed by atoms with Crippen molar-refractivity contribution in [3.8, 4) is 5.75 Å². The van der Waals surface area contributed by atoms with Gasteiger partial charge in [-0.05, 0) is 32.0 Å². The van der Waals surface area contributed by atoms with E-state index >= 15 is 0 Å². The highest BCUT2D eigenvalue weighted by atomic mass is 32.2. The number of aromatic nitrogens is 2. The fourth-order valence-electron chi connectivity index (χ4n) is 1.45. The van der Waals surface area contributed by atoms with Crippen LogP contribution >= 0.6 is 11.8 Å². The van der Waals surface area contributed by atoms with E-state index < -0.39 is 0 Å². The molecule has 3 N–H and O–H groups in total. The minimum Gasteiger partial charge on any atom is -0.489 e. The van der Waals surface area contributed by atoms with E-state index in [1.807, 2.05) is 26.0 Å². The molecule has 6 heteroatoms. The molecule has 2 aromatic rings. The third-order valence-electron chi connectivity index (χ3n) is 2.21. The SMILES string of the molecule is CC(C)Oc1cc(Sc2nccc(=O)[nH]2)ccc1N. The van der Waals surface area contributed by atoms with Gasteiger partial charge in [-0.3, -0.25) is 4.79 Å². The van der Waals surface area contributed by atoms with Crippen molar-refractivity contribution in [1.82, 2.24) is 9.97 Å². The van der Waals surface area contributed by atoms with Crippen LogP contribution in [-0.2, 0) is 0 Å². The summed E-state index contributed by atoms with van der Waals surface area (Å²) in [7, 11) is 0. The predicted molar refractivity (Wildman–Crippen MR) is 75.6 cm³/mol. The largest absolute Gasteiger partial charge is 0.489 e. The third-order valence-corrected chi connectivity index (χ3v) is 3.10. The van der Waals surface area contributed by atoms with E-state index in [2.05, 4.69) is 9.97 Å². The Kier molecular flexibility index (Phi) is 4.11. The summed E-state index contributed by atoms with van der Waals surface area (Å²) in [4.78, 5) is 18.8. The van der Waals surface area contributed by atoms with E-state index in [1.54, 1.807) is 6.07 Å². The molecule has 0 atom stereocenters. The van der Waals surface area contributed by atoms with Crippen molar-refractivity contribution in [2.45, 2.75) is 30.0 Å². The zero-order chi connectivity index (χ0) is 13.8. The summed E-state index contributed by atoms with van der Waals surface area (Å²) in [6.07, 6.45) is 1.53. The number of ether oxygens (including phenoxy) is 1. The van der Waals surface area contributed by atoms with Crippen LogP contribution in [0.1, 0.15) is 13.8 Å². The number of benzene rings is 1. The number of aromatic amines is 1. The van der Waals surface area contributed by atoms with E-state index in [9.17, 15) is 4.79 Å². The number of hydrogen-bond donors (Lipinski definition) is 2. The molecule has 0 radical (unpaired) electrons. The number of hydrogen-bond acceptors (Lipinski definition) is 5. The van der Waals surface area contributed by atoms with Gasteiger partial charge >= 0.3 is 0 Å². The van der Waals surface area contributed by atoms with Gasteiger partial charge in [-0.2, -0.15) is 0 Å². The number of H-pyrrole nitrogens is 1. The molecular formula is C13H15N3O2S. The Labute approximate surface area is 115 Å². The lowest BCUT2D eigenvalue weighted by molar-refractivity contribution is 0.243. The van der Waals surface area contributed by atoms with Crippen molar-refractivity contribution in [1.29, 1.82) is 0 Å². The molecule has 0 amide bonds. The third kappa shape index (κ3) is 3.75. The molecule has 0 unspecified atom stereocenters. The molecule has 100 valence electrons. The molecule has 1 heterocycles. The maximum absolute atomic E-state index is 11.2. The van der Waals surface area contributed by atoms with Crippen LogP contribution in [0.25, 0.3) is 0 Å². The first-order chi connectivity index (χ1) is 9.04. The van der Waals surface area contributed by atoms with E-state index in [0.717, 1.165) is 4.90 Å². The lowest BCUT2D eigenvalue weighted by atomic mass is 10.3. The molecule has 1 aromatic heterocycles. The molecule has 0 aliphatic heterocycles. The predicted octanol–water partition coefficient (Wildman–Crippen LogP) is 2.29. The number of nitrogens with one attached hydrogen (secondary N) is 1. The molecular weight excluding hydrogens is 262 g/mol. The average Bonchev–Trinajstić information content (AvgIpc) is 2.33. The Balaban J connectivity index is 2.23. The van der Waals surface area contributed by atoms with Gasteiger partial charge in [0.25, 0.3) is 5.56 Å². The molecule has 0 fully saturated rings.